The minimum atomic E-state index is -5.33. The maximum Gasteiger partial charge on any atom is 1.00 e. The molecule has 1 aromatic rings. The van der Waals surface area contributed by atoms with Crippen molar-refractivity contribution in [3.8, 4) is 5.75 Å². The third kappa shape index (κ3) is 8.56. The quantitative estimate of drug-likeness (QED) is 0.388. The van der Waals surface area contributed by atoms with Gasteiger partial charge in [0.05, 0.1) is 12.4 Å². The van der Waals surface area contributed by atoms with Crippen LogP contribution >= 0.6 is 0 Å². The molecule has 0 aromatic heterocycles. The Morgan fingerprint density at radius 1 is 1.10 bits per heavy atom. The summed E-state index contributed by atoms with van der Waals surface area (Å²) in [5.41, 5.74) is -1.23. The van der Waals surface area contributed by atoms with Crippen molar-refractivity contribution in [2.24, 2.45) is 5.92 Å². The molecule has 0 amide bonds. The molecular formula is C13H18BF4KO2. The third-order valence-electron chi connectivity index (χ3n) is 2.66. The van der Waals surface area contributed by atoms with Gasteiger partial charge in [0.1, 0.15) is 12.4 Å². The van der Waals surface area contributed by atoms with Crippen molar-refractivity contribution in [1.82, 2.24) is 0 Å². The van der Waals surface area contributed by atoms with Crippen LogP contribution in [-0.4, -0.2) is 26.8 Å². The average molecular weight is 332 g/mol. The van der Waals surface area contributed by atoms with Crippen LogP contribution in [-0.2, 0) is 4.74 Å². The Kier molecular flexibility index (Phi) is 10.4. The van der Waals surface area contributed by atoms with E-state index < -0.39 is 18.3 Å². The van der Waals surface area contributed by atoms with Gasteiger partial charge in [0, 0.05) is 12.7 Å². The maximum atomic E-state index is 13.2. The van der Waals surface area contributed by atoms with Crippen molar-refractivity contribution >= 4 is 12.4 Å². The Balaban J connectivity index is 0.00000400. The van der Waals surface area contributed by atoms with Gasteiger partial charge in [-0.2, -0.15) is 0 Å². The van der Waals surface area contributed by atoms with E-state index in [1.54, 1.807) is 0 Å². The smallest absolute Gasteiger partial charge is 0.491 e. The first kappa shape index (κ1) is 21.4. The minimum absolute atomic E-state index is 0. The molecule has 0 unspecified atom stereocenters. The van der Waals surface area contributed by atoms with Gasteiger partial charge in [0.25, 0.3) is 0 Å². The first-order valence-electron chi connectivity index (χ1n) is 6.50. The molecule has 114 valence electrons. The summed E-state index contributed by atoms with van der Waals surface area (Å²) < 4.78 is 60.9. The molecule has 0 spiro atoms. The van der Waals surface area contributed by atoms with Gasteiger partial charge in [0.15, 0.2) is 0 Å². The van der Waals surface area contributed by atoms with E-state index in [0.717, 1.165) is 18.6 Å². The van der Waals surface area contributed by atoms with E-state index in [1.165, 1.54) is 0 Å². The predicted molar refractivity (Wildman–Crippen MR) is 70.9 cm³/mol. The van der Waals surface area contributed by atoms with E-state index in [-0.39, 0.29) is 63.7 Å². The SMILES string of the molecule is CC(C)CCOCCOc1ccc([B-](F)(F)F)c(F)c1.[K+]. The summed E-state index contributed by atoms with van der Waals surface area (Å²) in [7, 11) is 0. The Hall–Kier alpha value is 0.401. The van der Waals surface area contributed by atoms with Crippen LogP contribution in [0.15, 0.2) is 18.2 Å². The Bertz CT molecular complexity index is 427. The molecular weight excluding hydrogens is 314 g/mol. The molecule has 0 saturated heterocycles. The number of hydrogen-bond donors (Lipinski definition) is 0. The van der Waals surface area contributed by atoms with Crippen LogP contribution in [0.3, 0.4) is 0 Å². The molecule has 1 rings (SSSR count). The van der Waals surface area contributed by atoms with E-state index in [0.29, 0.717) is 25.2 Å². The van der Waals surface area contributed by atoms with Crippen molar-refractivity contribution in [2.75, 3.05) is 19.8 Å². The summed E-state index contributed by atoms with van der Waals surface area (Å²) >= 11 is 0. The fourth-order valence-corrected chi connectivity index (χ4v) is 1.50. The van der Waals surface area contributed by atoms with Crippen molar-refractivity contribution < 1.29 is 78.2 Å². The predicted octanol–water partition coefficient (Wildman–Crippen LogP) is 0.326. The van der Waals surface area contributed by atoms with Crippen LogP contribution in [0.5, 0.6) is 5.75 Å². The molecule has 0 aliphatic rings. The van der Waals surface area contributed by atoms with E-state index in [1.807, 2.05) is 0 Å². The van der Waals surface area contributed by atoms with Crippen LogP contribution in [0.4, 0.5) is 17.3 Å². The number of benzene rings is 1. The molecule has 8 heteroatoms. The van der Waals surface area contributed by atoms with Gasteiger partial charge in [-0.3, -0.25) is 0 Å². The van der Waals surface area contributed by atoms with Crippen LogP contribution in [0.1, 0.15) is 20.3 Å². The van der Waals surface area contributed by atoms with Crippen molar-refractivity contribution in [1.29, 1.82) is 0 Å². The summed E-state index contributed by atoms with van der Waals surface area (Å²) in [5, 5.41) is 0. The van der Waals surface area contributed by atoms with Crippen LogP contribution in [0.25, 0.3) is 0 Å². The number of ether oxygens (including phenoxy) is 2. The standard InChI is InChI=1S/C13H18BF4O2.K/c1-10(2)5-6-19-7-8-20-11-3-4-12(13(15)9-11)14(16,17)18;/h3-4,9-10H,5-8H2,1-2H3;/q-1;+1. The fraction of sp³-hybridized carbons (Fsp3) is 0.538. The van der Waals surface area contributed by atoms with Gasteiger partial charge < -0.3 is 22.4 Å². The largest absolute Gasteiger partial charge is 1.00 e. The molecule has 0 aliphatic heterocycles. The molecule has 0 atom stereocenters. The maximum absolute atomic E-state index is 13.2. The van der Waals surface area contributed by atoms with Crippen molar-refractivity contribution in [3.05, 3.63) is 24.0 Å². The van der Waals surface area contributed by atoms with Gasteiger partial charge in [-0.25, -0.2) is 4.39 Å². The zero-order valence-electron chi connectivity index (χ0n) is 12.5. The second kappa shape index (κ2) is 10.2. The molecule has 1 aromatic carbocycles. The minimum Gasteiger partial charge on any atom is -0.491 e. The zero-order chi connectivity index (χ0) is 15.2. The number of rotatable bonds is 8. The second-order valence-electron chi connectivity index (χ2n) is 4.90. The van der Waals surface area contributed by atoms with Gasteiger partial charge in [-0.15, -0.1) is 0 Å². The third-order valence-corrected chi connectivity index (χ3v) is 2.66. The normalized spacial score (nSPS) is 11.4. The van der Waals surface area contributed by atoms with E-state index in [4.69, 9.17) is 9.47 Å². The molecule has 0 fully saturated rings. The first-order valence-corrected chi connectivity index (χ1v) is 6.50. The summed E-state index contributed by atoms with van der Waals surface area (Å²) in [6, 6.07) is 2.56. The Morgan fingerprint density at radius 3 is 2.29 bits per heavy atom. The number of hydrogen-bond acceptors (Lipinski definition) is 2. The van der Waals surface area contributed by atoms with Gasteiger partial charge in [0.2, 0.25) is 0 Å². The number of halogens is 4. The van der Waals surface area contributed by atoms with Gasteiger partial charge >= 0.3 is 58.4 Å². The van der Waals surface area contributed by atoms with Gasteiger partial charge in [-0.1, -0.05) is 25.4 Å². The molecule has 0 N–H and O–H groups in total. The summed E-state index contributed by atoms with van der Waals surface area (Å²) in [5.74, 6) is -0.698. The molecule has 21 heavy (non-hydrogen) atoms. The monoisotopic (exact) mass is 332 g/mol. The van der Waals surface area contributed by atoms with Crippen molar-refractivity contribution in [3.63, 3.8) is 0 Å². The molecule has 0 radical (unpaired) electrons. The van der Waals surface area contributed by atoms with Gasteiger partial charge in [-0.05, 0) is 18.4 Å². The zero-order valence-corrected chi connectivity index (χ0v) is 15.7. The summed E-state index contributed by atoms with van der Waals surface area (Å²) in [6.45, 7) is -0.0857. The summed E-state index contributed by atoms with van der Waals surface area (Å²) in [6.07, 6.45) is 0.928. The van der Waals surface area contributed by atoms with Crippen LogP contribution in [0, 0.1) is 11.7 Å². The Morgan fingerprint density at radius 2 is 1.76 bits per heavy atom. The van der Waals surface area contributed by atoms with Crippen molar-refractivity contribution in [2.45, 2.75) is 20.3 Å². The van der Waals surface area contributed by atoms with E-state index in [2.05, 4.69) is 13.8 Å². The average Bonchev–Trinajstić information content (AvgIpc) is 2.31. The molecule has 2 nitrogen and oxygen atoms in total. The molecule has 0 bridgehead atoms. The molecule has 0 saturated carbocycles. The van der Waals surface area contributed by atoms with E-state index in [9.17, 15) is 17.3 Å². The first-order chi connectivity index (χ1) is 9.30. The summed E-state index contributed by atoms with van der Waals surface area (Å²) in [4.78, 5) is 0. The molecule has 0 aliphatic carbocycles. The Labute approximate surface area is 165 Å². The van der Waals surface area contributed by atoms with E-state index >= 15 is 0 Å². The van der Waals surface area contributed by atoms with Crippen LogP contribution in [0.2, 0.25) is 0 Å². The second-order valence-corrected chi connectivity index (χ2v) is 4.90. The van der Waals surface area contributed by atoms with Crippen LogP contribution < -0.4 is 61.6 Å². The molecule has 0 heterocycles. The topological polar surface area (TPSA) is 18.5 Å². The fourth-order valence-electron chi connectivity index (χ4n) is 1.50.